The van der Waals surface area contributed by atoms with E-state index in [0.29, 0.717) is 0 Å². The second kappa shape index (κ2) is 8.78. The second-order valence-corrected chi connectivity index (χ2v) is 4.72. The number of nitrogens with zero attached hydrogens (tertiary/aromatic N) is 1. The van der Waals surface area contributed by atoms with Crippen LogP contribution in [-0.2, 0) is 0 Å². The normalized spacial score (nSPS) is 12.3. The van der Waals surface area contributed by atoms with Crippen LogP contribution < -0.4 is 0 Å². The van der Waals surface area contributed by atoms with Crippen LogP contribution in [0.4, 0.5) is 0 Å². The van der Waals surface area contributed by atoms with E-state index in [1.54, 1.807) is 0 Å². The minimum Gasteiger partial charge on any atom is -0.286 e. The minimum absolute atomic E-state index is 0.129. The van der Waals surface area contributed by atoms with Gasteiger partial charge in [-0.3, -0.25) is 4.90 Å². The predicted molar refractivity (Wildman–Crippen MR) is 79.4 cm³/mol. The minimum atomic E-state index is 0.129. The third kappa shape index (κ3) is 4.55. The Hall–Kier alpha value is -1.26. The van der Waals surface area contributed by atoms with Gasteiger partial charge in [0, 0.05) is 0 Å². The zero-order chi connectivity index (χ0) is 13.2. The van der Waals surface area contributed by atoms with E-state index in [-0.39, 0.29) is 6.04 Å². The third-order valence-electron chi connectivity index (χ3n) is 3.24. The molecule has 0 spiro atoms. The highest BCUT2D eigenvalue weighted by Crippen LogP contribution is 2.20. The van der Waals surface area contributed by atoms with E-state index < -0.39 is 0 Å². The van der Waals surface area contributed by atoms with E-state index in [1.807, 2.05) is 6.07 Å². The standard InChI is InChI=1S/C17H25N/c1-4-7-14-18(15-8-5-2)17(6-3)16-12-10-9-11-13-16/h3,9-13,17H,4-5,7-8,14-15H2,1-2H3. The molecule has 0 fully saturated rings. The van der Waals surface area contributed by atoms with Crippen LogP contribution in [0.15, 0.2) is 30.3 Å². The first kappa shape index (κ1) is 14.8. The monoisotopic (exact) mass is 243 g/mol. The van der Waals surface area contributed by atoms with Gasteiger partial charge in [-0.1, -0.05) is 62.9 Å². The molecular formula is C17H25N. The highest BCUT2D eigenvalue weighted by molar-refractivity contribution is 5.25. The Kier molecular flexibility index (Phi) is 7.22. The van der Waals surface area contributed by atoms with Crippen molar-refractivity contribution in [3.63, 3.8) is 0 Å². The molecule has 1 nitrogen and oxygen atoms in total. The molecule has 1 atom stereocenters. The van der Waals surface area contributed by atoms with Crippen molar-refractivity contribution in [3.05, 3.63) is 35.9 Å². The quantitative estimate of drug-likeness (QED) is 0.617. The van der Waals surface area contributed by atoms with E-state index in [0.717, 1.165) is 13.1 Å². The van der Waals surface area contributed by atoms with Crippen molar-refractivity contribution in [1.29, 1.82) is 0 Å². The maximum Gasteiger partial charge on any atom is 0.0968 e. The largest absolute Gasteiger partial charge is 0.286 e. The number of terminal acetylenes is 1. The van der Waals surface area contributed by atoms with Gasteiger partial charge in [-0.15, -0.1) is 6.42 Å². The lowest BCUT2D eigenvalue weighted by Gasteiger charge is -2.28. The highest BCUT2D eigenvalue weighted by atomic mass is 15.1. The van der Waals surface area contributed by atoms with Crippen LogP contribution in [0.3, 0.4) is 0 Å². The van der Waals surface area contributed by atoms with Crippen molar-refractivity contribution in [3.8, 4) is 12.3 Å². The van der Waals surface area contributed by atoms with Crippen molar-refractivity contribution >= 4 is 0 Å². The molecule has 18 heavy (non-hydrogen) atoms. The molecule has 1 heteroatoms. The summed E-state index contributed by atoms with van der Waals surface area (Å²) < 4.78 is 0. The van der Waals surface area contributed by atoms with Crippen molar-refractivity contribution in [2.75, 3.05) is 13.1 Å². The van der Waals surface area contributed by atoms with Crippen molar-refractivity contribution in [2.24, 2.45) is 0 Å². The molecule has 0 amide bonds. The average Bonchev–Trinajstić information content (AvgIpc) is 2.43. The lowest BCUT2D eigenvalue weighted by atomic mass is 10.0. The summed E-state index contributed by atoms with van der Waals surface area (Å²) in [6.07, 6.45) is 10.6. The van der Waals surface area contributed by atoms with Crippen molar-refractivity contribution in [1.82, 2.24) is 4.90 Å². The van der Waals surface area contributed by atoms with Gasteiger partial charge in [0.25, 0.3) is 0 Å². The SMILES string of the molecule is C#CC(c1ccccc1)N(CCCC)CCCC. The summed E-state index contributed by atoms with van der Waals surface area (Å²) in [6.45, 7) is 6.65. The summed E-state index contributed by atoms with van der Waals surface area (Å²) in [5.41, 5.74) is 1.24. The molecule has 1 rings (SSSR count). The zero-order valence-corrected chi connectivity index (χ0v) is 11.7. The maximum atomic E-state index is 5.76. The average molecular weight is 243 g/mol. The first-order valence-electron chi connectivity index (χ1n) is 7.08. The first-order chi connectivity index (χ1) is 8.83. The summed E-state index contributed by atoms with van der Waals surface area (Å²) >= 11 is 0. The van der Waals surface area contributed by atoms with E-state index >= 15 is 0 Å². The predicted octanol–water partition coefficient (Wildman–Crippen LogP) is 4.26. The summed E-state index contributed by atoms with van der Waals surface area (Å²) in [6, 6.07) is 10.6. The van der Waals surface area contributed by atoms with Crippen molar-refractivity contribution < 1.29 is 0 Å². The van der Waals surface area contributed by atoms with Crippen LogP contribution in [0, 0.1) is 12.3 Å². The Morgan fingerprint density at radius 1 is 1.06 bits per heavy atom. The van der Waals surface area contributed by atoms with Gasteiger partial charge in [0.15, 0.2) is 0 Å². The molecule has 1 aromatic rings. The van der Waals surface area contributed by atoms with Gasteiger partial charge in [-0.2, -0.15) is 0 Å². The van der Waals surface area contributed by atoms with E-state index in [4.69, 9.17) is 6.42 Å². The van der Waals surface area contributed by atoms with Crippen LogP contribution in [-0.4, -0.2) is 18.0 Å². The number of rotatable bonds is 8. The van der Waals surface area contributed by atoms with Gasteiger partial charge in [-0.25, -0.2) is 0 Å². The number of hydrogen-bond acceptors (Lipinski definition) is 1. The van der Waals surface area contributed by atoms with Crippen LogP contribution in [0.25, 0.3) is 0 Å². The Morgan fingerprint density at radius 2 is 1.61 bits per heavy atom. The molecule has 0 aromatic heterocycles. The van der Waals surface area contributed by atoms with Gasteiger partial charge in [0.2, 0.25) is 0 Å². The molecule has 0 radical (unpaired) electrons. The van der Waals surface area contributed by atoms with Crippen LogP contribution in [0.2, 0.25) is 0 Å². The van der Waals surface area contributed by atoms with Crippen LogP contribution >= 0.6 is 0 Å². The summed E-state index contributed by atoms with van der Waals surface area (Å²) in [5.74, 6) is 2.96. The van der Waals surface area contributed by atoms with Gasteiger partial charge in [-0.05, 0) is 31.5 Å². The molecule has 0 N–H and O–H groups in total. The maximum absolute atomic E-state index is 5.76. The summed E-state index contributed by atoms with van der Waals surface area (Å²) in [5, 5.41) is 0. The fraction of sp³-hybridized carbons (Fsp3) is 0.529. The molecule has 98 valence electrons. The van der Waals surface area contributed by atoms with Crippen molar-refractivity contribution in [2.45, 2.75) is 45.6 Å². The number of unbranched alkanes of at least 4 members (excludes halogenated alkanes) is 2. The molecule has 0 aliphatic heterocycles. The lowest BCUT2D eigenvalue weighted by Crippen LogP contribution is -2.30. The van der Waals surface area contributed by atoms with Crippen LogP contribution in [0.5, 0.6) is 0 Å². The Bertz CT molecular complexity index is 342. The summed E-state index contributed by atoms with van der Waals surface area (Å²) in [7, 11) is 0. The number of benzene rings is 1. The molecule has 0 aliphatic carbocycles. The molecule has 0 bridgehead atoms. The summed E-state index contributed by atoms with van der Waals surface area (Å²) in [4.78, 5) is 2.45. The number of hydrogen-bond donors (Lipinski definition) is 0. The Balaban J connectivity index is 2.76. The fourth-order valence-electron chi connectivity index (χ4n) is 2.14. The van der Waals surface area contributed by atoms with E-state index in [9.17, 15) is 0 Å². The lowest BCUT2D eigenvalue weighted by molar-refractivity contribution is 0.230. The molecule has 0 heterocycles. The topological polar surface area (TPSA) is 3.24 Å². The Labute approximate surface area is 112 Å². The van der Waals surface area contributed by atoms with E-state index in [1.165, 1.54) is 31.2 Å². The molecule has 1 unspecified atom stereocenters. The highest BCUT2D eigenvalue weighted by Gasteiger charge is 2.16. The molecule has 0 aliphatic rings. The molecule has 1 aromatic carbocycles. The van der Waals surface area contributed by atoms with Crippen LogP contribution in [0.1, 0.15) is 51.1 Å². The first-order valence-corrected chi connectivity index (χ1v) is 7.08. The molecule has 0 saturated carbocycles. The molecular weight excluding hydrogens is 218 g/mol. The van der Waals surface area contributed by atoms with Gasteiger partial charge in [0.05, 0.1) is 6.04 Å². The Morgan fingerprint density at radius 3 is 2.06 bits per heavy atom. The van der Waals surface area contributed by atoms with E-state index in [2.05, 4.69) is 48.9 Å². The fourth-order valence-corrected chi connectivity index (χ4v) is 2.14. The zero-order valence-electron chi connectivity index (χ0n) is 11.7. The third-order valence-corrected chi connectivity index (χ3v) is 3.24. The van der Waals surface area contributed by atoms with Gasteiger partial charge in [0.1, 0.15) is 0 Å². The van der Waals surface area contributed by atoms with Gasteiger partial charge >= 0.3 is 0 Å². The van der Waals surface area contributed by atoms with Gasteiger partial charge < -0.3 is 0 Å². The smallest absolute Gasteiger partial charge is 0.0968 e. The second-order valence-electron chi connectivity index (χ2n) is 4.72. The molecule has 0 saturated heterocycles.